The number of nitrogens with one attached hydrogen (secondary N) is 1. The molecule has 0 aromatic heterocycles. The van der Waals surface area contributed by atoms with Crippen molar-refractivity contribution in [2.24, 2.45) is 11.7 Å². The van der Waals surface area contributed by atoms with Crippen LogP contribution in [-0.4, -0.2) is 49.8 Å². The van der Waals surface area contributed by atoms with Crippen molar-refractivity contribution in [1.29, 1.82) is 0 Å². The van der Waals surface area contributed by atoms with Crippen LogP contribution in [0.2, 0.25) is 0 Å². The van der Waals surface area contributed by atoms with Gasteiger partial charge in [0.25, 0.3) is 0 Å². The zero-order valence-corrected chi connectivity index (χ0v) is 10.9. The SMILES string of the molecule is CCC(C)CC(=O)NCCN1CCOC(N)C1. The average Bonchev–Trinajstić information content (AvgIpc) is 2.29. The second-order valence-corrected chi connectivity index (χ2v) is 4.78. The van der Waals surface area contributed by atoms with E-state index in [2.05, 4.69) is 24.1 Å². The Hall–Kier alpha value is -0.650. The highest BCUT2D eigenvalue weighted by atomic mass is 16.5. The van der Waals surface area contributed by atoms with E-state index in [4.69, 9.17) is 10.5 Å². The standard InChI is InChI=1S/C12H25N3O2/c1-3-10(2)8-12(16)14-4-5-15-6-7-17-11(13)9-15/h10-11H,3-9,13H2,1-2H3,(H,14,16). The Morgan fingerprint density at radius 3 is 3.06 bits per heavy atom. The number of hydrogen-bond donors (Lipinski definition) is 2. The van der Waals surface area contributed by atoms with Gasteiger partial charge in [0.15, 0.2) is 0 Å². The molecule has 0 aromatic carbocycles. The summed E-state index contributed by atoms with van der Waals surface area (Å²) in [6.07, 6.45) is 1.49. The summed E-state index contributed by atoms with van der Waals surface area (Å²) in [6.45, 7) is 8.08. The third kappa shape index (κ3) is 6.00. The van der Waals surface area contributed by atoms with Crippen LogP contribution < -0.4 is 11.1 Å². The first kappa shape index (κ1) is 14.4. The molecule has 1 saturated heterocycles. The molecular formula is C12H25N3O2. The van der Waals surface area contributed by atoms with Gasteiger partial charge in [-0.25, -0.2) is 0 Å². The predicted molar refractivity (Wildman–Crippen MR) is 67.4 cm³/mol. The topological polar surface area (TPSA) is 67.6 Å². The molecule has 1 aliphatic rings. The molecule has 2 unspecified atom stereocenters. The Balaban J connectivity index is 2.08. The number of rotatable bonds is 6. The van der Waals surface area contributed by atoms with Crippen LogP contribution in [0.5, 0.6) is 0 Å². The molecule has 0 spiro atoms. The highest BCUT2D eigenvalue weighted by Crippen LogP contribution is 2.05. The summed E-state index contributed by atoms with van der Waals surface area (Å²) in [5.74, 6) is 0.615. The Kier molecular flexibility index (Phi) is 6.47. The molecule has 1 amide bonds. The minimum atomic E-state index is -0.181. The third-order valence-electron chi connectivity index (χ3n) is 3.16. The lowest BCUT2D eigenvalue weighted by Crippen LogP contribution is -2.48. The van der Waals surface area contributed by atoms with Crippen molar-refractivity contribution < 1.29 is 9.53 Å². The average molecular weight is 243 g/mol. The van der Waals surface area contributed by atoms with Crippen LogP contribution in [0.15, 0.2) is 0 Å². The molecule has 5 heteroatoms. The molecule has 3 N–H and O–H groups in total. The van der Waals surface area contributed by atoms with Gasteiger partial charge in [0.1, 0.15) is 6.23 Å². The molecule has 1 aliphatic heterocycles. The van der Waals surface area contributed by atoms with E-state index in [1.165, 1.54) is 0 Å². The molecule has 0 bridgehead atoms. The molecule has 0 aromatic rings. The number of ether oxygens (including phenoxy) is 1. The Bertz CT molecular complexity index is 236. The van der Waals surface area contributed by atoms with Gasteiger partial charge in [0.2, 0.25) is 5.91 Å². The minimum Gasteiger partial charge on any atom is -0.361 e. The van der Waals surface area contributed by atoms with Crippen LogP contribution in [0.3, 0.4) is 0 Å². The fraction of sp³-hybridized carbons (Fsp3) is 0.917. The Labute approximate surface area is 104 Å². The molecule has 1 rings (SSSR count). The Morgan fingerprint density at radius 1 is 1.65 bits per heavy atom. The normalized spacial score (nSPS) is 23.4. The number of carbonyl (C=O) groups is 1. The molecule has 0 aliphatic carbocycles. The summed E-state index contributed by atoms with van der Waals surface area (Å²) in [6, 6.07) is 0. The van der Waals surface area contributed by atoms with Gasteiger partial charge in [-0.15, -0.1) is 0 Å². The lowest BCUT2D eigenvalue weighted by Gasteiger charge is -2.30. The van der Waals surface area contributed by atoms with Gasteiger partial charge in [0, 0.05) is 32.6 Å². The van der Waals surface area contributed by atoms with E-state index in [9.17, 15) is 4.79 Å². The predicted octanol–water partition coefficient (Wildman–Crippen LogP) is 0.156. The van der Waals surface area contributed by atoms with Crippen molar-refractivity contribution in [3.05, 3.63) is 0 Å². The molecule has 1 heterocycles. The van der Waals surface area contributed by atoms with Crippen molar-refractivity contribution in [1.82, 2.24) is 10.2 Å². The van der Waals surface area contributed by atoms with E-state index in [0.29, 0.717) is 25.5 Å². The monoisotopic (exact) mass is 243 g/mol. The number of amides is 1. The first-order valence-electron chi connectivity index (χ1n) is 6.48. The zero-order valence-electron chi connectivity index (χ0n) is 10.9. The molecule has 100 valence electrons. The second kappa shape index (κ2) is 7.63. The Morgan fingerprint density at radius 2 is 2.41 bits per heavy atom. The van der Waals surface area contributed by atoms with E-state index >= 15 is 0 Å². The number of hydrogen-bond acceptors (Lipinski definition) is 4. The van der Waals surface area contributed by atoms with E-state index in [1.54, 1.807) is 0 Å². The van der Waals surface area contributed by atoms with Crippen LogP contribution in [-0.2, 0) is 9.53 Å². The summed E-state index contributed by atoms with van der Waals surface area (Å²) >= 11 is 0. The van der Waals surface area contributed by atoms with Crippen molar-refractivity contribution in [2.75, 3.05) is 32.8 Å². The maximum atomic E-state index is 11.5. The summed E-state index contributed by atoms with van der Waals surface area (Å²) < 4.78 is 5.25. The van der Waals surface area contributed by atoms with E-state index < -0.39 is 0 Å². The molecule has 17 heavy (non-hydrogen) atoms. The molecule has 0 saturated carbocycles. The van der Waals surface area contributed by atoms with Gasteiger partial charge < -0.3 is 15.8 Å². The zero-order chi connectivity index (χ0) is 12.7. The largest absolute Gasteiger partial charge is 0.361 e. The van der Waals surface area contributed by atoms with Gasteiger partial charge in [-0.3, -0.25) is 9.69 Å². The maximum absolute atomic E-state index is 11.5. The third-order valence-corrected chi connectivity index (χ3v) is 3.16. The fourth-order valence-corrected chi connectivity index (χ4v) is 1.82. The smallest absolute Gasteiger partial charge is 0.220 e. The van der Waals surface area contributed by atoms with Crippen molar-refractivity contribution in [3.63, 3.8) is 0 Å². The lowest BCUT2D eigenvalue weighted by atomic mass is 10.1. The van der Waals surface area contributed by atoms with Crippen molar-refractivity contribution in [2.45, 2.75) is 32.9 Å². The van der Waals surface area contributed by atoms with Gasteiger partial charge in [0.05, 0.1) is 6.61 Å². The van der Waals surface area contributed by atoms with Crippen LogP contribution in [0, 0.1) is 5.92 Å². The number of carbonyl (C=O) groups excluding carboxylic acids is 1. The first-order valence-corrected chi connectivity index (χ1v) is 6.48. The van der Waals surface area contributed by atoms with E-state index in [-0.39, 0.29) is 12.1 Å². The minimum absolute atomic E-state index is 0.150. The summed E-state index contributed by atoms with van der Waals surface area (Å²) in [7, 11) is 0. The number of nitrogens with two attached hydrogens (primary N) is 1. The van der Waals surface area contributed by atoms with Gasteiger partial charge in [-0.05, 0) is 5.92 Å². The molecule has 0 radical (unpaired) electrons. The number of nitrogens with zero attached hydrogens (tertiary/aromatic N) is 1. The van der Waals surface area contributed by atoms with Crippen molar-refractivity contribution >= 4 is 5.91 Å². The molecular weight excluding hydrogens is 218 g/mol. The molecule has 1 fully saturated rings. The van der Waals surface area contributed by atoms with E-state index in [1.807, 2.05) is 0 Å². The highest BCUT2D eigenvalue weighted by Gasteiger charge is 2.16. The van der Waals surface area contributed by atoms with Crippen molar-refractivity contribution in [3.8, 4) is 0 Å². The fourth-order valence-electron chi connectivity index (χ4n) is 1.82. The van der Waals surface area contributed by atoms with Crippen LogP contribution in [0.4, 0.5) is 0 Å². The van der Waals surface area contributed by atoms with Gasteiger partial charge in [-0.2, -0.15) is 0 Å². The van der Waals surface area contributed by atoms with Gasteiger partial charge >= 0.3 is 0 Å². The number of morpholine rings is 1. The summed E-state index contributed by atoms with van der Waals surface area (Å²) in [5.41, 5.74) is 5.69. The lowest BCUT2D eigenvalue weighted by molar-refractivity contribution is -0.122. The molecule has 5 nitrogen and oxygen atoms in total. The van der Waals surface area contributed by atoms with E-state index in [0.717, 1.165) is 26.1 Å². The highest BCUT2D eigenvalue weighted by molar-refractivity contribution is 5.76. The van der Waals surface area contributed by atoms with Gasteiger partial charge in [-0.1, -0.05) is 20.3 Å². The second-order valence-electron chi connectivity index (χ2n) is 4.78. The maximum Gasteiger partial charge on any atom is 0.220 e. The summed E-state index contributed by atoms with van der Waals surface area (Å²) in [5, 5.41) is 2.95. The summed E-state index contributed by atoms with van der Waals surface area (Å²) in [4.78, 5) is 13.8. The quantitative estimate of drug-likeness (QED) is 0.697. The first-order chi connectivity index (χ1) is 8.11. The van der Waals surface area contributed by atoms with Crippen LogP contribution in [0.25, 0.3) is 0 Å². The van der Waals surface area contributed by atoms with Crippen LogP contribution >= 0.6 is 0 Å². The van der Waals surface area contributed by atoms with Crippen LogP contribution in [0.1, 0.15) is 26.7 Å². The molecule has 2 atom stereocenters.